The highest BCUT2D eigenvalue weighted by atomic mass is 16.2. The molecule has 1 aliphatic heterocycles. The van der Waals surface area contributed by atoms with Crippen LogP contribution in [0.2, 0.25) is 0 Å². The number of fused-ring (bicyclic) bond motifs is 1. The van der Waals surface area contributed by atoms with Crippen molar-refractivity contribution in [3.63, 3.8) is 0 Å². The van der Waals surface area contributed by atoms with Gasteiger partial charge in [-0.3, -0.25) is 9.59 Å². The van der Waals surface area contributed by atoms with Crippen LogP contribution in [0, 0.1) is 0 Å². The Bertz CT molecular complexity index is 770. The Morgan fingerprint density at radius 1 is 1.08 bits per heavy atom. The van der Waals surface area contributed by atoms with Gasteiger partial charge in [0.05, 0.1) is 0 Å². The van der Waals surface area contributed by atoms with E-state index in [2.05, 4.69) is 18.3 Å². The smallest absolute Gasteiger partial charge is 0.258 e. The van der Waals surface area contributed by atoms with Gasteiger partial charge in [-0.2, -0.15) is 0 Å². The van der Waals surface area contributed by atoms with Gasteiger partial charge in [-0.15, -0.1) is 0 Å². The number of aryl methyl sites for hydroxylation is 1. The van der Waals surface area contributed by atoms with Gasteiger partial charge in [-0.1, -0.05) is 37.6 Å². The molecule has 0 saturated heterocycles. The molecule has 3 rings (SSSR count). The second kappa shape index (κ2) is 7.97. The SMILES string of the molecule is CCCCNC(=O)c1cccc(C(=O)N2CCCc3ccccc32)c1. The summed E-state index contributed by atoms with van der Waals surface area (Å²) in [5, 5.41) is 2.90. The van der Waals surface area contributed by atoms with E-state index in [1.54, 1.807) is 24.3 Å². The maximum absolute atomic E-state index is 13.0. The summed E-state index contributed by atoms with van der Waals surface area (Å²) >= 11 is 0. The number of benzene rings is 2. The Labute approximate surface area is 148 Å². The summed E-state index contributed by atoms with van der Waals surface area (Å²) in [4.78, 5) is 27.1. The third kappa shape index (κ3) is 3.90. The van der Waals surface area contributed by atoms with Crippen molar-refractivity contribution in [1.82, 2.24) is 5.32 Å². The largest absolute Gasteiger partial charge is 0.352 e. The van der Waals surface area contributed by atoms with Crippen LogP contribution < -0.4 is 10.2 Å². The van der Waals surface area contributed by atoms with E-state index < -0.39 is 0 Å². The quantitative estimate of drug-likeness (QED) is 0.844. The fourth-order valence-electron chi connectivity index (χ4n) is 3.17. The Morgan fingerprint density at radius 3 is 2.72 bits per heavy atom. The number of amides is 2. The van der Waals surface area contributed by atoms with E-state index in [1.165, 1.54) is 5.56 Å². The Morgan fingerprint density at radius 2 is 1.88 bits per heavy atom. The molecule has 25 heavy (non-hydrogen) atoms. The summed E-state index contributed by atoms with van der Waals surface area (Å²) < 4.78 is 0. The molecule has 0 saturated carbocycles. The summed E-state index contributed by atoms with van der Waals surface area (Å²) in [5.74, 6) is -0.169. The Balaban J connectivity index is 1.80. The van der Waals surface area contributed by atoms with Crippen molar-refractivity contribution in [3.05, 3.63) is 65.2 Å². The zero-order valence-corrected chi connectivity index (χ0v) is 14.6. The lowest BCUT2D eigenvalue weighted by atomic mass is 10.0. The zero-order valence-electron chi connectivity index (χ0n) is 14.6. The molecule has 0 aliphatic carbocycles. The lowest BCUT2D eigenvalue weighted by molar-refractivity contribution is 0.0953. The van der Waals surface area contributed by atoms with Gasteiger partial charge in [0.25, 0.3) is 11.8 Å². The number of nitrogens with zero attached hydrogens (tertiary/aromatic N) is 1. The molecule has 0 atom stereocenters. The number of para-hydroxylation sites is 1. The average Bonchev–Trinajstić information content (AvgIpc) is 2.67. The fraction of sp³-hybridized carbons (Fsp3) is 0.333. The van der Waals surface area contributed by atoms with Gasteiger partial charge in [-0.25, -0.2) is 0 Å². The van der Waals surface area contributed by atoms with E-state index in [9.17, 15) is 9.59 Å². The molecule has 2 aromatic carbocycles. The van der Waals surface area contributed by atoms with Gasteiger partial charge in [0.2, 0.25) is 0 Å². The molecule has 0 aromatic heterocycles. The monoisotopic (exact) mass is 336 g/mol. The van der Waals surface area contributed by atoms with Crippen molar-refractivity contribution < 1.29 is 9.59 Å². The lowest BCUT2D eigenvalue weighted by Crippen LogP contribution is -2.35. The molecule has 0 radical (unpaired) electrons. The van der Waals surface area contributed by atoms with E-state index in [0.717, 1.165) is 31.4 Å². The molecule has 1 heterocycles. The van der Waals surface area contributed by atoms with Gasteiger partial charge in [0.15, 0.2) is 0 Å². The van der Waals surface area contributed by atoms with Crippen molar-refractivity contribution >= 4 is 17.5 Å². The van der Waals surface area contributed by atoms with Crippen LogP contribution in [0.5, 0.6) is 0 Å². The molecular formula is C21H24N2O2. The molecule has 0 unspecified atom stereocenters. The summed E-state index contributed by atoms with van der Waals surface area (Å²) in [6, 6.07) is 15.0. The van der Waals surface area contributed by atoms with E-state index >= 15 is 0 Å². The van der Waals surface area contributed by atoms with E-state index in [-0.39, 0.29) is 11.8 Å². The molecule has 2 amide bonds. The predicted molar refractivity (Wildman–Crippen MR) is 100 cm³/mol. The minimum Gasteiger partial charge on any atom is -0.352 e. The van der Waals surface area contributed by atoms with Crippen molar-refractivity contribution in [1.29, 1.82) is 0 Å². The minimum atomic E-state index is -0.123. The Kier molecular flexibility index (Phi) is 5.49. The number of anilines is 1. The third-order valence-electron chi connectivity index (χ3n) is 4.54. The first-order valence-electron chi connectivity index (χ1n) is 8.98. The highest BCUT2D eigenvalue weighted by Crippen LogP contribution is 2.28. The van der Waals surface area contributed by atoms with Crippen LogP contribution in [0.1, 0.15) is 52.5 Å². The first-order chi connectivity index (χ1) is 12.2. The van der Waals surface area contributed by atoms with Crippen LogP contribution in [0.3, 0.4) is 0 Å². The summed E-state index contributed by atoms with van der Waals surface area (Å²) in [6.45, 7) is 3.46. The van der Waals surface area contributed by atoms with Crippen LogP contribution >= 0.6 is 0 Å². The fourth-order valence-corrected chi connectivity index (χ4v) is 3.17. The molecule has 2 aromatic rings. The van der Waals surface area contributed by atoms with Gasteiger partial charge < -0.3 is 10.2 Å². The number of carbonyl (C=O) groups is 2. The van der Waals surface area contributed by atoms with Gasteiger partial charge >= 0.3 is 0 Å². The molecule has 1 aliphatic rings. The van der Waals surface area contributed by atoms with Gasteiger partial charge in [0.1, 0.15) is 0 Å². The maximum Gasteiger partial charge on any atom is 0.258 e. The first-order valence-corrected chi connectivity index (χ1v) is 8.98. The van der Waals surface area contributed by atoms with Gasteiger partial charge in [-0.05, 0) is 49.1 Å². The summed E-state index contributed by atoms with van der Waals surface area (Å²) in [6.07, 6.45) is 3.95. The Hall–Kier alpha value is -2.62. The highest BCUT2D eigenvalue weighted by Gasteiger charge is 2.23. The van der Waals surface area contributed by atoms with Crippen molar-refractivity contribution in [2.24, 2.45) is 0 Å². The molecule has 4 heteroatoms. The summed E-state index contributed by atoms with van der Waals surface area (Å²) in [7, 11) is 0. The number of nitrogens with one attached hydrogen (secondary N) is 1. The lowest BCUT2D eigenvalue weighted by Gasteiger charge is -2.29. The van der Waals surface area contributed by atoms with Crippen LogP contribution in [0.4, 0.5) is 5.69 Å². The number of carbonyl (C=O) groups excluding carboxylic acids is 2. The van der Waals surface area contributed by atoms with Crippen LogP contribution in [-0.2, 0) is 6.42 Å². The van der Waals surface area contributed by atoms with Crippen LogP contribution in [0.25, 0.3) is 0 Å². The van der Waals surface area contributed by atoms with Crippen LogP contribution in [0.15, 0.2) is 48.5 Å². The normalized spacial score (nSPS) is 13.2. The number of rotatable bonds is 5. The summed E-state index contributed by atoms with van der Waals surface area (Å²) in [5.41, 5.74) is 3.28. The molecule has 4 nitrogen and oxygen atoms in total. The predicted octanol–water partition coefficient (Wildman–Crippen LogP) is 3.81. The zero-order chi connectivity index (χ0) is 17.6. The number of unbranched alkanes of at least 4 members (excludes halogenated alkanes) is 1. The number of hydrogen-bond acceptors (Lipinski definition) is 2. The first kappa shape index (κ1) is 17.2. The average molecular weight is 336 g/mol. The van der Waals surface area contributed by atoms with E-state index in [0.29, 0.717) is 24.2 Å². The molecular weight excluding hydrogens is 312 g/mol. The molecule has 130 valence electrons. The van der Waals surface area contributed by atoms with Crippen molar-refractivity contribution in [3.8, 4) is 0 Å². The van der Waals surface area contributed by atoms with Gasteiger partial charge in [0, 0.05) is 29.9 Å². The van der Waals surface area contributed by atoms with Crippen molar-refractivity contribution in [2.75, 3.05) is 18.0 Å². The standard InChI is InChI=1S/C21H24N2O2/c1-2-3-13-22-20(24)17-9-6-10-18(15-17)21(25)23-14-7-11-16-8-4-5-12-19(16)23/h4-6,8-10,12,15H,2-3,7,11,13-14H2,1H3,(H,22,24). The third-order valence-corrected chi connectivity index (χ3v) is 4.54. The molecule has 1 N–H and O–H groups in total. The molecule has 0 fully saturated rings. The number of hydrogen-bond donors (Lipinski definition) is 1. The second-order valence-electron chi connectivity index (χ2n) is 6.38. The van der Waals surface area contributed by atoms with E-state index in [1.807, 2.05) is 23.1 Å². The minimum absolute atomic E-state index is 0.0460. The van der Waals surface area contributed by atoms with E-state index in [4.69, 9.17) is 0 Å². The topological polar surface area (TPSA) is 49.4 Å². The highest BCUT2D eigenvalue weighted by molar-refractivity contribution is 6.08. The maximum atomic E-state index is 13.0. The second-order valence-corrected chi connectivity index (χ2v) is 6.38. The van der Waals surface area contributed by atoms with Crippen LogP contribution in [-0.4, -0.2) is 24.9 Å². The van der Waals surface area contributed by atoms with Crippen molar-refractivity contribution in [2.45, 2.75) is 32.6 Å². The molecule has 0 bridgehead atoms. The molecule has 0 spiro atoms.